The van der Waals surface area contributed by atoms with Crippen molar-refractivity contribution in [2.75, 3.05) is 32.4 Å². The lowest BCUT2D eigenvalue weighted by Crippen LogP contribution is -2.56. The number of nitrogens with one attached hydrogen (secondary N) is 1. The number of sulfonamides is 1. The van der Waals surface area contributed by atoms with Gasteiger partial charge in [0.25, 0.3) is 0 Å². The van der Waals surface area contributed by atoms with Crippen LogP contribution in [0.5, 0.6) is 0 Å². The average Bonchev–Trinajstić information content (AvgIpc) is 2.31. The van der Waals surface area contributed by atoms with E-state index in [4.69, 9.17) is 0 Å². The molecule has 1 saturated heterocycles. The number of hydrogen-bond acceptors (Lipinski definition) is 4. The van der Waals surface area contributed by atoms with E-state index >= 15 is 0 Å². The zero-order valence-corrected chi connectivity index (χ0v) is 13.7. The van der Waals surface area contributed by atoms with Crippen LogP contribution >= 0.6 is 0 Å². The summed E-state index contributed by atoms with van der Waals surface area (Å²) in [6.07, 6.45) is 0.676. The molecule has 0 saturated carbocycles. The van der Waals surface area contributed by atoms with E-state index in [2.05, 4.69) is 45.0 Å². The Balaban J connectivity index is 2.48. The summed E-state index contributed by atoms with van der Waals surface area (Å²) in [5.41, 5.74) is 0. The van der Waals surface area contributed by atoms with E-state index in [1.807, 2.05) is 0 Å². The molecule has 1 N–H and O–H groups in total. The van der Waals surface area contributed by atoms with Gasteiger partial charge in [0.05, 0.1) is 5.75 Å². The van der Waals surface area contributed by atoms with Gasteiger partial charge < -0.3 is 5.32 Å². The monoisotopic (exact) mass is 291 g/mol. The lowest BCUT2D eigenvalue weighted by Gasteiger charge is -2.41. The maximum Gasteiger partial charge on any atom is 0.214 e. The molecule has 0 aromatic heterocycles. The molecule has 5 nitrogen and oxygen atoms in total. The summed E-state index contributed by atoms with van der Waals surface area (Å²) in [6, 6.07) is 0.978. The molecule has 0 amide bonds. The maximum absolute atomic E-state index is 12.3. The van der Waals surface area contributed by atoms with Crippen molar-refractivity contribution in [2.45, 2.75) is 52.2 Å². The van der Waals surface area contributed by atoms with Crippen molar-refractivity contribution in [3.8, 4) is 0 Å². The van der Waals surface area contributed by atoms with Gasteiger partial charge in [-0.15, -0.1) is 0 Å². The minimum atomic E-state index is -3.10. The Kier molecular flexibility index (Phi) is 6.23. The normalized spacial score (nSPS) is 27.1. The van der Waals surface area contributed by atoms with Crippen LogP contribution in [-0.2, 0) is 10.0 Å². The van der Waals surface area contributed by atoms with Crippen LogP contribution in [0.3, 0.4) is 0 Å². The van der Waals surface area contributed by atoms with Crippen molar-refractivity contribution in [2.24, 2.45) is 0 Å². The quantitative estimate of drug-likeness (QED) is 0.733. The van der Waals surface area contributed by atoms with Crippen LogP contribution in [0.4, 0.5) is 0 Å². The molecule has 2 unspecified atom stereocenters. The lowest BCUT2D eigenvalue weighted by atomic mass is 10.1. The molecule has 0 bridgehead atoms. The Bertz CT molecular complexity index is 358. The molecule has 0 radical (unpaired) electrons. The van der Waals surface area contributed by atoms with Crippen LogP contribution in [0.1, 0.15) is 34.1 Å². The molecule has 0 spiro atoms. The van der Waals surface area contributed by atoms with Gasteiger partial charge in [0.2, 0.25) is 10.0 Å². The van der Waals surface area contributed by atoms with Crippen molar-refractivity contribution in [1.29, 1.82) is 0 Å². The Hall–Kier alpha value is -0.170. The molecular formula is C13H29N3O2S. The smallest absolute Gasteiger partial charge is 0.214 e. The summed E-state index contributed by atoms with van der Waals surface area (Å²) in [4.78, 5) is 2.24. The van der Waals surface area contributed by atoms with Crippen molar-refractivity contribution in [1.82, 2.24) is 14.5 Å². The molecule has 0 aromatic rings. The maximum atomic E-state index is 12.3. The van der Waals surface area contributed by atoms with E-state index in [-0.39, 0.29) is 17.8 Å². The van der Waals surface area contributed by atoms with E-state index < -0.39 is 10.0 Å². The molecule has 1 fully saturated rings. The van der Waals surface area contributed by atoms with Gasteiger partial charge >= 0.3 is 0 Å². The van der Waals surface area contributed by atoms with Crippen LogP contribution in [0.25, 0.3) is 0 Å². The van der Waals surface area contributed by atoms with Crippen LogP contribution in [0.15, 0.2) is 0 Å². The molecule has 1 rings (SSSR count). The predicted molar refractivity (Wildman–Crippen MR) is 79.8 cm³/mol. The van der Waals surface area contributed by atoms with Crippen LogP contribution < -0.4 is 5.32 Å². The van der Waals surface area contributed by atoms with E-state index in [0.29, 0.717) is 25.6 Å². The van der Waals surface area contributed by atoms with Crippen LogP contribution in [0.2, 0.25) is 0 Å². The van der Waals surface area contributed by atoms with Gasteiger partial charge in [-0.1, -0.05) is 13.8 Å². The summed E-state index contributed by atoms with van der Waals surface area (Å²) in [7, 11) is -1.04. The van der Waals surface area contributed by atoms with Gasteiger partial charge in [0, 0.05) is 31.2 Å². The van der Waals surface area contributed by atoms with Gasteiger partial charge in [-0.3, -0.25) is 4.90 Å². The summed E-state index contributed by atoms with van der Waals surface area (Å²) in [6.45, 7) is 10.3. The second-order valence-electron chi connectivity index (χ2n) is 5.96. The number of piperazine rings is 1. The first-order chi connectivity index (χ1) is 8.74. The minimum absolute atomic E-state index is 0.246. The van der Waals surface area contributed by atoms with Crippen molar-refractivity contribution in [3.05, 3.63) is 0 Å². The number of nitrogens with zero attached hydrogens (tertiary/aromatic N) is 2. The zero-order valence-electron chi connectivity index (χ0n) is 12.9. The van der Waals surface area contributed by atoms with E-state index in [1.54, 1.807) is 4.31 Å². The van der Waals surface area contributed by atoms with Crippen molar-refractivity contribution in [3.63, 3.8) is 0 Å². The van der Waals surface area contributed by atoms with E-state index in [9.17, 15) is 8.42 Å². The van der Waals surface area contributed by atoms with Gasteiger partial charge in [0.1, 0.15) is 0 Å². The Morgan fingerprint density at radius 2 is 1.74 bits per heavy atom. The summed E-state index contributed by atoms with van der Waals surface area (Å²) >= 11 is 0. The molecule has 0 aromatic carbocycles. The highest BCUT2D eigenvalue weighted by molar-refractivity contribution is 7.89. The van der Waals surface area contributed by atoms with Gasteiger partial charge in [-0.25, -0.2) is 8.42 Å². The highest BCUT2D eigenvalue weighted by Gasteiger charge is 2.32. The molecule has 114 valence electrons. The summed E-state index contributed by atoms with van der Waals surface area (Å²) in [5, 5.41) is 3.25. The Morgan fingerprint density at radius 3 is 2.21 bits per heavy atom. The third-order valence-corrected chi connectivity index (χ3v) is 5.74. The van der Waals surface area contributed by atoms with Gasteiger partial charge in [-0.2, -0.15) is 4.31 Å². The SMILES string of the molecule is CC(C)NCCCS(=O)(=O)N1CC(C)N(C)C(C)C1. The van der Waals surface area contributed by atoms with Gasteiger partial charge in [0.15, 0.2) is 0 Å². The Morgan fingerprint density at radius 1 is 1.21 bits per heavy atom. The first-order valence-corrected chi connectivity index (χ1v) is 8.78. The first kappa shape index (κ1) is 16.9. The average molecular weight is 291 g/mol. The second kappa shape index (κ2) is 7.02. The fourth-order valence-electron chi connectivity index (χ4n) is 2.36. The molecular weight excluding hydrogens is 262 g/mol. The second-order valence-corrected chi connectivity index (χ2v) is 8.05. The number of rotatable bonds is 6. The minimum Gasteiger partial charge on any atom is -0.314 e. The number of hydrogen-bond donors (Lipinski definition) is 1. The molecule has 1 aliphatic heterocycles. The lowest BCUT2D eigenvalue weighted by molar-refractivity contribution is 0.105. The molecule has 1 heterocycles. The predicted octanol–water partition coefficient (Wildman–Crippen LogP) is 0.729. The number of likely N-dealkylation sites (N-methyl/N-ethyl adjacent to an activating group) is 1. The van der Waals surface area contributed by atoms with Crippen LogP contribution in [-0.4, -0.2) is 68.2 Å². The third-order valence-electron chi connectivity index (χ3n) is 3.85. The van der Waals surface area contributed by atoms with Crippen LogP contribution in [0, 0.1) is 0 Å². The standard InChI is InChI=1S/C13H29N3O2S/c1-11(2)14-7-6-8-19(17,18)16-9-12(3)15(5)13(4)10-16/h11-14H,6-10H2,1-5H3. The molecule has 1 aliphatic rings. The summed E-state index contributed by atoms with van der Waals surface area (Å²) < 4.78 is 26.3. The Labute approximate surface area is 118 Å². The molecule has 19 heavy (non-hydrogen) atoms. The van der Waals surface area contributed by atoms with E-state index in [1.165, 1.54) is 0 Å². The van der Waals surface area contributed by atoms with Crippen molar-refractivity contribution >= 4 is 10.0 Å². The summed E-state index contributed by atoms with van der Waals surface area (Å²) in [5.74, 6) is 0.246. The largest absolute Gasteiger partial charge is 0.314 e. The highest BCUT2D eigenvalue weighted by Crippen LogP contribution is 2.17. The molecule has 6 heteroatoms. The third kappa shape index (κ3) is 5.02. The molecule has 0 aliphatic carbocycles. The van der Waals surface area contributed by atoms with Gasteiger partial charge in [-0.05, 0) is 33.9 Å². The fourth-order valence-corrected chi connectivity index (χ4v) is 4.01. The zero-order chi connectivity index (χ0) is 14.6. The topological polar surface area (TPSA) is 52.7 Å². The fraction of sp³-hybridized carbons (Fsp3) is 1.00. The first-order valence-electron chi connectivity index (χ1n) is 7.17. The van der Waals surface area contributed by atoms with Crippen molar-refractivity contribution < 1.29 is 8.42 Å². The van der Waals surface area contributed by atoms with E-state index in [0.717, 1.165) is 6.54 Å². The highest BCUT2D eigenvalue weighted by atomic mass is 32.2. The molecule has 2 atom stereocenters.